The van der Waals surface area contributed by atoms with E-state index in [9.17, 15) is 0 Å². The molecule has 0 amide bonds. The number of aromatic nitrogens is 2. The number of rotatable bonds is 6. The van der Waals surface area contributed by atoms with Gasteiger partial charge in [0.25, 0.3) is 0 Å². The van der Waals surface area contributed by atoms with Gasteiger partial charge in [-0.1, -0.05) is 20.3 Å². The minimum Gasteiger partial charge on any atom is -0.362 e. The second kappa shape index (κ2) is 6.29. The number of nitrogens with one attached hydrogen (secondary N) is 1. The topological polar surface area (TPSA) is 37.8 Å². The molecule has 3 nitrogen and oxygen atoms in total. The monoisotopic (exact) mass is 281 g/mol. The van der Waals surface area contributed by atoms with Crippen molar-refractivity contribution < 1.29 is 0 Å². The molecule has 0 aliphatic heterocycles. The molecule has 0 unspecified atom stereocenters. The van der Waals surface area contributed by atoms with Gasteiger partial charge in [-0.2, -0.15) is 0 Å². The van der Waals surface area contributed by atoms with Crippen LogP contribution in [0.5, 0.6) is 0 Å². The molecule has 5 heteroatoms. The molecule has 0 spiro atoms. The zero-order valence-electron chi connectivity index (χ0n) is 11.1. The van der Waals surface area contributed by atoms with Crippen molar-refractivity contribution in [2.24, 2.45) is 0 Å². The van der Waals surface area contributed by atoms with Crippen molar-refractivity contribution in [1.82, 2.24) is 9.97 Å². The first-order valence-corrected chi connectivity index (χ1v) is 8.10. The third-order valence-corrected chi connectivity index (χ3v) is 4.52. The van der Waals surface area contributed by atoms with Gasteiger partial charge >= 0.3 is 0 Å². The average molecular weight is 281 g/mol. The Morgan fingerprint density at radius 3 is 2.83 bits per heavy atom. The van der Waals surface area contributed by atoms with Gasteiger partial charge in [-0.15, -0.1) is 22.7 Å². The van der Waals surface area contributed by atoms with Crippen LogP contribution in [0.3, 0.4) is 0 Å². The number of thiazole rings is 2. The quantitative estimate of drug-likeness (QED) is 0.800. The Kier molecular flexibility index (Phi) is 4.72. The van der Waals surface area contributed by atoms with E-state index in [1.807, 2.05) is 0 Å². The summed E-state index contributed by atoms with van der Waals surface area (Å²) in [6, 6.07) is 0. The lowest BCUT2D eigenvalue weighted by molar-refractivity contribution is 0.833. The number of nitrogens with zero attached hydrogens (tertiary/aromatic N) is 2. The number of unbranched alkanes of at least 4 members (excludes halogenated alkanes) is 1. The van der Waals surface area contributed by atoms with Crippen LogP contribution in [0.25, 0.3) is 10.6 Å². The van der Waals surface area contributed by atoms with E-state index < -0.39 is 0 Å². The summed E-state index contributed by atoms with van der Waals surface area (Å²) in [5.41, 5.74) is 2.24. The van der Waals surface area contributed by atoms with Crippen LogP contribution >= 0.6 is 22.7 Å². The maximum atomic E-state index is 4.65. The summed E-state index contributed by atoms with van der Waals surface area (Å²) in [7, 11) is 0. The molecule has 0 atom stereocenters. The fourth-order valence-corrected chi connectivity index (χ4v) is 3.51. The highest BCUT2D eigenvalue weighted by atomic mass is 32.1. The van der Waals surface area contributed by atoms with Crippen molar-refractivity contribution >= 4 is 27.8 Å². The lowest BCUT2D eigenvalue weighted by atomic mass is 10.2. The average Bonchev–Trinajstić information content (AvgIpc) is 2.95. The Bertz CT molecular complexity index is 502. The molecule has 0 radical (unpaired) electrons. The van der Waals surface area contributed by atoms with E-state index in [-0.39, 0.29) is 0 Å². The molecule has 0 saturated carbocycles. The van der Waals surface area contributed by atoms with Crippen molar-refractivity contribution in [3.63, 3.8) is 0 Å². The van der Waals surface area contributed by atoms with Crippen molar-refractivity contribution in [2.75, 3.05) is 11.9 Å². The molecule has 0 fully saturated rings. The molecule has 0 saturated heterocycles. The van der Waals surface area contributed by atoms with Crippen LogP contribution in [-0.2, 0) is 6.42 Å². The molecule has 0 bridgehead atoms. The number of hydrogen-bond acceptors (Lipinski definition) is 5. The first-order chi connectivity index (χ1) is 8.74. The van der Waals surface area contributed by atoms with Crippen LogP contribution in [0, 0.1) is 6.92 Å². The van der Waals surface area contributed by atoms with E-state index in [0.717, 1.165) is 28.8 Å². The minimum absolute atomic E-state index is 0.968. The summed E-state index contributed by atoms with van der Waals surface area (Å²) < 4.78 is 0. The molecule has 2 heterocycles. The highest BCUT2D eigenvalue weighted by molar-refractivity contribution is 7.16. The van der Waals surface area contributed by atoms with Crippen LogP contribution in [0.15, 0.2) is 5.38 Å². The second-order valence-corrected chi connectivity index (χ2v) is 6.24. The second-order valence-electron chi connectivity index (χ2n) is 4.18. The molecular formula is C13H19N3S2. The lowest BCUT2D eigenvalue weighted by Gasteiger charge is -1.99. The number of aryl methyl sites for hydroxylation is 2. The van der Waals surface area contributed by atoms with E-state index in [4.69, 9.17) is 0 Å². The first-order valence-electron chi connectivity index (χ1n) is 6.40. The van der Waals surface area contributed by atoms with Gasteiger partial charge in [0.2, 0.25) is 0 Å². The zero-order chi connectivity index (χ0) is 13.0. The third-order valence-electron chi connectivity index (χ3n) is 2.68. The van der Waals surface area contributed by atoms with Crippen molar-refractivity contribution in [2.45, 2.75) is 40.0 Å². The van der Waals surface area contributed by atoms with Gasteiger partial charge in [0.1, 0.15) is 0 Å². The van der Waals surface area contributed by atoms with Crippen LogP contribution in [0.4, 0.5) is 5.13 Å². The Morgan fingerprint density at radius 1 is 1.28 bits per heavy atom. The van der Waals surface area contributed by atoms with Crippen LogP contribution in [0.2, 0.25) is 0 Å². The summed E-state index contributed by atoms with van der Waals surface area (Å²) in [5, 5.41) is 7.64. The van der Waals surface area contributed by atoms with E-state index in [1.54, 1.807) is 22.7 Å². The van der Waals surface area contributed by atoms with E-state index in [2.05, 4.69) is 41.4 Å². The van der Waals surface area contributed by atoms with Gasteiger partial charge in [0, 0.05) is 11.9 Å². The predicted octanol–water partition coefficient (Wildman–Crippen LogP) is 4.35. The summed E-state index contributed by atoms with van der Waals surface area (Å²) in [5.74, 6) is 0. The molecule has 0 aliphatic rings. The highest BCUT2D eigenvalue weighted by Gasteiger charge is 2.12. The predicted molar refractivity (Wildman–Crippen MR) is 80.7 cm³/mol. The Hall–Kier alpha value is -0.940. The molecule has 0 aromatic carbocycles. The van der Waals surface area contributed by atoms with E-state index in [0.29, 0.717) is 0 Å². The standard InChI is InChI=1S/C13H19N3S2/c1-4-6-7-14-13-16-11(8-17-13)12-10(5-2)15-9(3)18-12/h8H,4-7H2,1-3H3,(H,14,16). The van der Waals surface area contributed by atoms with Crippen LogP contribution in [-0.4, -0.2) is 16.5 Å². The molecule has 2 rings (SSSR count). The maximum absolute atomic E-state index is 4.65. The molecule has 98 valence electrons. The fraction of sp³-hybridized carbons (Fsp3) is 0.538. The minimum atomic E-state index is 0.968. The smallest absolute Gasteiger partial charge is 0.183 e. The Balaban J connectivity index is 2.13. The van der Waals surface area contributed by atoms with Crippen molar-refractivity contribution in [3.05, 3.63) is 16.1 Å². The summed E-state index contributed by atoms with van der Waals surface area (Å²) in [4.78, 5) is 10.4. The summed E-state index contributed by atoms with van der Waals surface area (Å²) >= 11 is 3.42. The zero-order valence-corrected chi connectivity index (χ0v) is 12.7. The maximum Gasteiger partial charge on any atom is 0.183 e. The third kappa shape index (κ3) is 3.09. The normalized spacial score (nSPS) is 10.8. The van der Waals surface area contributed by atoms with Gasteiger partial charge in [0.05, 0.1) is 21.3 Å². The fourth-order valence-electron chi connectivity index (χ4n) is 1.74. The van der Waals surface area contributed by atoms with Crippen molar-refractivity contribution in [3.8, 4) is 10.6 Å². The van der Waals surface area contributed by atoms with Gasteiger partial charge in [-0.25, -0.2) is 9.97 Å². The largest absolute Gasteiger partial charge is 0.362 e. The highest BCUT2D eigenvalue weighted by Crippen LogP contribution is 2.32. The van der Waals surface area contributed by atoms with Crippen LogP contribution < -0.4 is 5.32 Å². The SMILES string of the molecule is CCCCNc1nc(-c2sc(C)nc2CC)cs1. The van der Waals surface area contributed by atoms with Crippen molar-refractivity contribution in [1.29, 1.82) is 0 Å². The molecule has 1 N–H and O–H groups in total. The summed E-state index contributed by atoms with van der Waals surface area (Å²) in [6.45, 7) is 7.40. The van der Waals surface area contributed by atoms with Gasteiger partial charge in [-0.3, -0.25) is 0 Å². The lowest BCUT2D eigenvalue weighted by Crippen LogP contribution is -1.99. The Morgan fingerprint density at radius 2 is 2.11 bits per heavy atom. The molecule has 2 aromatic rings. The first kappa shape index (κ1) is 13.5. The number of anilines is 1. The molecule has 0 aliphatic carbocycles. The Labute approximate surface area is 116 Å². The van der Waals surface area contributed by atoms with E-state index >= 15 is 0 Å². The van der Waals surface area contributed by atoms with E-state index in [1.165, 1.54) is 23.4 Å². The van der Waals surface area contributed by atoms with Crippen LogP contribution in [0.1, 0.15) is 37.4 Å². The molecule has 2 aromatic heterocycles. The van der Waals surface area contributed by atoms with Gasteiger partial charge in [0.15, 0.2) is 5.13 Å². The molecule has 18 heavy (non-hydrogen) atoms. The molecular weight excluding hydrogens is 262 g/mol. The number of hydrogen-bond donors (Lipinski definition) is 1. The van der Waals surface area contributed by atoms with Gasteiger partial charge < -0.3 is 5.32 Å². The summed E-state index contributed by atoms with van der Waals surface area (Å²) in [6.07, 6.45) is 3.36. The van der Waals surface area contributed by atoms with Gasteiger partial charge in [-0.05, 0) is 19.8 Å².